The topological polar surface area (TPSA) is 71.3 Å². The number of aryl methyl sites for hydroxylation is 2. The van der Waals surface area contributed by atoms with E-state index in [1.807, 2.05) is 26.0 Å². The number of benzene rings is 1. The number of halogens is 1. The van der Waals surface area contributed by atoms with Crippen molar-refractivity contribution in [2.75, 3.05) is 12.4 Å². The van der Waals surface area contributed by atoms with E-state index in [9.17, 15) is 4.79 Å². The zero-order valence-electron chi connectivity index (χ0n) is 13.6. The normalized spacial score (nSPS) is 10.8. The van der Waals surface area contributed by atoms with Crippen LogP contribution in [0.25, 0.3) is 10.9 Å². The van der Waals surface area contributed by atoms with E-state index in [-0.39, 0.29) is 6.03 Å². The van der Waals surface area contributed by atoms with E-state index in [4.69, 9.17) is 16.1 Å². The molecule has 24 heavy (non-hydrogen) atoms. The van der Waals surface area contributed by atoms with Gasteiger partial charge in [-0.2, -0.15) is 0 Å². The molecule has 0 spiro atoms. The Bertz CT molecular complexity index is 907. The van der Waals surface area contributed by atoms with Gasteiger partial charge in [0.15, 0.2) is 0 Å². The molecule has 0 radical (unpaired) electrons. The van der Waals surface area contributed by atoms with Gasteiger partial charge in [0.05, 0.1) is 22.8 Å². The number of amides is 2. The molecule has 0 atom stereocenters. The minimum absolute atomic E-state index is 0.286. The molecule has 0 fully saturated rings. The van der Waals surface area contributed by atoms with E-state index in [0.717, 1.165) is 16.5 Å². The van der Waals surface area contributed by atoms with Gasteiger partial charge in [0.25, 0.3) is 0 Å². The third-order valence-corrected chi connectivity index (χ3v) is 3.99. The molecule has 124 valence electrons. The molecule has 0 unspecified atom stereocenters. The molecule has 2 heterocycles. The van der Waals surface area contributed by atoms with Crippen molar-refractivity contribution in [3.63, 3.8) is 0 Å². The zero-order valence-corrected chi connectivity index (χ0v) is 14.4. The first-order valence-electron chi connectivity index (χ1n) is 7.44. The quantitative estimate of drug-likeness (QED) is 0.774. The Hall–Kier alpha value is -2.60. The second kappa shape index (κ2) is 6.49. The number of urea groups is 1. The third-order valence-electron chi connectivity index (χ3n) is 3.69. The van der Waals surface area contributed by atoms with Crippen molar-refractivity contribution in [2.24, 2.45) is 0 Å². The van der Waals surface area contributed by atoms with Gasteiger partial charge < -0.3 is 14.7 Å². The average molecular weight is 345 g/mol. The number of aromatic nitrogens is 2. The maximum absolute atomic E-state index is 12.5. The van der Waals surface area contributed by atoms with Crippen molar-refractivity contribution in [3.05, 3.63) is 52.5 Å². The van der Waals surface area contributed by atoms with Crippen molar-refractivity contribution in [1.29, 1.82) is 0 Å². The van der Waals surface area contributed by atoms with Crippen LogP contribution in [-0.4, -0.2) is 28.1 Å². The minimum Gasteiger partial charge on any atom is -0.361 e. The van der Waals surface area contributed by atoms with Gasteiger partial charge in [-0.15, -0.1) is 0 Å². The molecule has 1 N–H and O–H groups in total. The summed E-state index contributed by atoms with van der Waals surface area (Å²) in [7, 11) is 1.68. The predicted octanol–water partition coefficient (Wildman–Crippen LogP) is 4.16. The summed E-state index contributed by atoms with van der Waals surface area (Å²) in [4.78, 5) is 18.4. The highest BCUT2D eigenvalue weighted by Gasteiger charge is 2.16. The Morgan fingerprint density at radius 1 is 1.38 bits per heavy atom. The van der Waals surface area contributed by atoms with Crippen LogP contribution in [0.3, 0.4) is 0 Å². The number of anilines is 1. The SMILES string of the molecule is Cc1cc(CN(C)C(=O)Nc2c(Cl)cc(C)c3ncccc23)no1. The second-order valence-electron chi connectivity index (χ2n) is 5.66. The Labute approximate surface area is 144 Å². The van der Waals surface area contributed by atoms with E-state index < -0.39 is 0 Å². The predicted molar refractivity (Wildman–Crippen MR) is 93.2 cm³/mol. The Kier molecular flexibility index (Phi) is 4.40. The third kappa shape index (κ3) is 3.19. The Morgan fingerprint density at radius 3 is 2.88 bits per heavy atom. The van der Waals surface area contributed by atoms with Crippen LogP contribution in [-0.2, 0) is 6.54 Å². The molecule has 0 bridgehead atoms. The van der Waals surface area contributed by atoms with Gasteiger partial charge in [0, 0.05) is 24.7 Å². The molecule has 2 aromatic heterocycles. The van der Waals surface area contributed by atoms with Gasteiger partial charge in [-0.25, -0.2) is 4.79 Å². The molecule has 0 saturated heterocycles. The summed E-state index contributed by atoms with van der Waals surface area (Å²) < 4.78 is 5.02. The monoisotopic (exact) mass is 344 g/mol. The molecule has 3 rings (SSSR count). The molecule has 7 heteroatoms. The molecule has 3 aromatic rings. The number of nitrogens with one attached hydrogen (secondary N) is 1. The summed E-state index contributed by atoms with van der Waals surface area (Å²) in [5, 5.41) is 8.04. The molecule has 6 nitrogen and oxygen atoms in total. The smallest absolute Gasteiger partial charge is 0.322 e. The first-order valence-corrected chi connectivity index (χ1v) is 7.81. The van der Waals surface area contributed by atoms with Gasteiger partial charge in [-0.3, -0.25) is 4.98 Å². The highest BCUT2D eigenvalue weighted by atomic mass is 35.5. The van der Waals surface area contributed by atoms with Crippen molar-refractivity contribution < 1.29 is 9.32 Å². The van der Waals surface area contributed by atoms with Crippen LogP contribution in [0.15, 0.2) is 35.0 Å². The highest BCUT2D eigenvalue weighted by Crippen LogP contribution is 2.32. The van der Waals surface area contributed by atoms with Crippen LogP contribution in [0.4, 0.5) is 10.5 Å². The van der Waals surface area contributed by atoms with Crippen LogP contribution in [0.5, 0.6) is 0 Å². The fourth-order valence-corrected chi connectivity index (χ4v) is 2.83. The lowest BCUT2D eigenvalue weighted by Crippen LogP contribution is -2.31. The summed E-state index contributed by atoms with van der Waals surface area (Å²) >= 11 is 6.33. The van der Waals surface area contributed by atoms with E-state index in [0.29, 0.717) is 28.7 Å². The van der Waals surface area contributed by atoms with Crippen molar-refractivity contribution in [2.45, 2.75) is 20.4 Å². The Balaban J connectivity index is 1.85. The number of fused-ring (bicyclic) bond motifs is 1. The second-order valence-corrected chi connectivity index (χ2v) is 6.07. The van der Waals surface area contributed by atoms with Gasteiger partial charge in [-0.05, 0) is 37.6 Å². The molecular weight excluding hydrogens is 328 g/mol. The molecule has 0 saturated carbocycles. The number of pyridine rings is 1. The molecule has 2 amide bonds. The van der Waals surface area contributed by atoms with E-state index in [1.165, 1.54) is 4.90 Å². The van der Waals surface area contributed by atoms with Gasteiger partial charge in [0.2, 0.25) is 0 Å². The fraction of sp³-hybridized carbons (Fsp3) is 0.235. The summed E-state index contributed by atoms with van der Waals surface area (Å²) in [5.41, 5.74) is 3.01. The van der Waals surface area contributed by atoms with Crippen LogP contribution >= 0.6 is 11.6 Å². The van der Waals surface area contributed by atoms with Crippen LogP contribution in [0.1, 0.15) is 17.0 Å². The zero-order chi connectivity index (χ0) is 17.3. The van der Waals surface area contributed by atoms with Crippen LogP contribution < -0.4 is 5.32 Å². The summed E-state index contributed by atoms with van der Waals surface area (Å²) in [5.74, 6) is 0.706. The van der Waals surface area contributed by atoms with Gasteiger partial charge in [0.1, 0.15) is 11.5 Å². The van der Waals surface area contributed by atoms with Gasteiger partial charge in [-0.1, -0.05) is 16.8 Å². The highest BCUT2D eigenvalue weighted by molar-refractivity contribution is 6.35. The Morgan fingerprint density at radius 2 is 2.17 bits per heavy atom. The number of hydrogen-bond acceptors (Lipinski definition) is 4. The lowest BCUT2D eigenvalue weighted by molar-refractivity contribution is 0.219. The lowest BCUT2D eigenvalue weighted by atomic mass is 10.1. The summed E-state index contributed by atoms with van der Waals surface area (Å²) in [6, 6.07) is 7.01. The fourth-order valence-electron chi connectivity index (χ4n) is 2.52. The first-order chi connectivity index (χ1) is 11.5. The molecular formula is C17H17ClN4O2. The van der Waals surface area contributed by atoms with E-state index >= 15 is 0 Å². The average Bonchev–Trinajstić information content (AvgIpc) is 2.96. The standard InChI is InChI=1S/C17H17ClN4O2/c1-10-7-14(18)16(13-5-4-6-19-15(10)13)20-17(23)22(3)9-12-8-11(2)24-21-12/h4-8H,9H2,1-3H3,(H,20,23). The summed E-state index contributed by atoms with van der Waals surface area (Å²) in [6.07, 6.45) is 1.72. The molecule has 1 aromatic carbocycles. The van der Waals surface area contributed by atoms with Gasteiger partial charge >= 0.3 is 6.03 Å². The summed E-state index contributed by atoms with van der Waals surface area (Å²) in [6.45, 7) is 4.08. The minimum atomic E-state index is -0.286. The van der Waals surface area contributed by atoms with Crippen molar-refractivity contribution in [3.8, 4) is 0 Å². The van der Waals surface area contributed by atoms with Crippen molar-refractivity contribution >= 4 is 34.2 Å². The molecule has 0 aliphatic carbocycles. The number of carbonyl (C=O) groups excluding carboxylic acids is 1. The molecule has 0 aliphatic rings. The maximum atomic E-state index is 12.5. The maximum Gasteiger partial charge on any atom is 0.322 e. The van der Waals surface area contributed by atoms with Crippen LogP contribution in [0, 0.1) is 13.8 Å². The number of hydrogen-bond donors (Lipinski definition) is 1. The van der Waals surface area contributed by atoms with Crippen molar-refractivity contribution in [1.82, 2.24) is 15.0 Å². The largest absolute Gasteiger partial charge is 0.361 e. The number of rotatable bonds is 3. The first kappa shape index (κ1) is 16.3. The number of carbonyl (C=O) groups is 1. The number of nitrogens with zero attached hydrogens (tertiary/aromatic N) is 3. The van der Waals surface area contributed by atoms with E-state index in [1.54, 1.807) is 25.4 Å². The molecule has 0 aliphatic heterocycles. The van der Waals surface area contributed by atoms with Crippen LogP contribution in [0.2, 0.25) is 5.02 Å². The van der Waals surface area contributed by atoms with E-state index in [2.05, 4.69) is 15.5 Å². The lowest BCUT2D eigenvalue weighted by Gasteiger charge is -2.18.